The third-order valence-electron chi connectivity index (χ3n) is 3.28. The summed E-state index contributed by atoms with van der Waals surface area (Å²) in [4.78, 5) is 12.9. The van der Waals surface area contributed by atoms with Gasteiger partial charge in [0, 0.05) is 25.4 Å². The fraction of sp³-hybridized carbons (Fsp3) is 0.917. The van der Waals surface area contributed by atoms with Gasteiger partial charge >= 0.3 is 6.09 Å². The molecule has 0 aromatic rings. The number of alkyl halides is 2. The van der Waals surface area contributed by atoms with Crippen LogP contribution in [0.2, 0.25) is 0 Å². The van der Waals surface area contributed by atoms with E-state index in [2.05, 4.69) is 12.6 Å². The maximum Gasteiger partial charge on any atom is 0.409 e. The van der Waals surface area contributed by atoms with Gasteiger partial charge in [-0.15, -0.1) is 0 Å². The average Bonchev–Trinajstić information content (AvgIpc) is 2.64. The summed E-state index contributed by atoms with van der Waals surface area (Å²) in [7, 11) is 1.59. The summed E-state index contributed by atoms with van der Waals surface area (Å²) in [6.07, 6.45) is -2.22. The van der Waals surface area contributed by atoms with Crippen molar-refractivity contribution in [2.45, 2.75) is 37.6 Å². The molecule has 0 heterocycles. The van der Waals surface area contributed by atoms with Crippen molar-refractivity contribution < 1.29 is 18.3 Å². The summed E-state index contributed by atoms with van der Waals surface area (Å²) in [6, 6.07) is -0.295. The van der Waals surface area contributed by atoms with Gasteiger partial charge in [0.1, 0.15) is 19.0 Å². The van der Waals surface area contributed by atoms with Gasteiger partial charge in [0.25, 0.3) is 0 Å². The molecule has 7 heteroatoms. The predicted octanol–water partition coefficient (Wildman–Crippen LogP) is 1.79. The third kappa shape index (κ3) is 5.52. The predicted molar refractivity (Wildman–Crippen MR) is 72.9 cm³/mol. The minimum atomic E-state index is -1.37. The molecule has 0 bridgehead atoms. The van der Waals surface area contributed by atoms with Crippen LogP contribution in [0.5, 0.6) is 0 Å². The normalized spacial score (nSPS) is 28.2. The summed E-state index contributed by atoms with van der Waals surface area (Å²) in [5.41, 5.74) is 5.90. The smallest absolute Gasteiger partial charge is 0.409 e. The van der Waals surface area contributed by atoms with Crippen molar-refractivity contribution in [3.63, 3.8) is 0 Å². The SMILES string of the molecule is CN(C[C@@H](N)C[C@H]1C[C@@H](F)[C@@H](F)C1)C(=O)OCCS. The van der Waals surface area contributed by atoms with Crippen molar-refractivity contribution in [2.24, 2.45) is 11.7 Å². The van der Waals surface area contributed by atoms with E-state index in [-0.39, 0.29) is 31.4 Å². The van der Waals surface area contributed by atoms with Gasteiger partial charge in [-0.3, -0.25) is 0 Å². The molecular weight excluding hydrogens is 274 g/mol. The molecule has 112 valence electrons. The Morgan fingerprint density at radius 1 is 1.47 bits per heavy atom. The number of ether oxygens (including phenoxy) is 1. The Morgan fingerprint density at radius 2 is 2.05 bits per heavy atom. The molecule has 0 unspecified atom stereocenters. The van der Waals surface area contributed by atoms with E-state index in [1.54, 1.807) is 7.05 Å². The lowest BCUT2D eigenvalue weighted by molar-refractivity contribution is 0.114. The van der Waals surface area contributed by atoms with Crippen LogP contribution in [0.15, 0.2) is 0 Å². The van der Waals surface area contributed by atoms with Gasteiger partial charge in [-0.25, -0.2) is 13.6 Å². The number of rotatable bonds is 6. The monoisotopic (exact) mass is 296 g/mol. The van der Waals surface area contributed by atoms with Gasteiger partial charge in [-0.1, -0.05) is 0 Å². The Hall–Kier alpha value is -0.560. The van der Waals surface area contributed by atoms with Gasteiger partial charge in [-0.2, -0.15) is 12.6 Å². The van der Waals surface area contributed by atoms with E-state index in [4.69, 9.17) is 10.5 Å². The highest BCUT2D eigenvalue weighted by Gasteiger charge is 2.35. The summed E-state index contributed by atoms with van der Waals surface area (Å²) >= 11 is 3.94. The molecule has 4 atom stereocenters. The first-order valence-corrected chi connectivity index (χ1v) is 7.09. The molecule has 1 amide bonds. The lowest BCUT2D eigenvalue weighted by atomic mass is 9.98. The maximum absolute atomic E-state index is 13.0. The number of thiol groups is 1. The molecule has 0 saturated heterocycles. The van der Waals surface area contributed by atoms with Crippen LogP contribution in [-0.4, -0.2) is 55.3 Å². The number of nitrogens with two attached hydrogens (primary N) is 1. The molecule has 1 rings (SSSR count). The Balaban J connectivity index is 2.27. The number of hydrogen-bond acceptors (Lipinski definition) is 4. The fourth-order valence-corrected chi connectivity index (χ4v) is 2.48. The van der Waals surface area contributed by atoms with Crippen LogP contribution in [0.4, 0.5) is 13.6 Å². The van der Waals surface area contributed by atoms with E-state index in [0.717, 1.165) is 0 Å². The fourth-order valence-electron chi connectivity index (χ4n) is 2.39. The summed E-state index contributed by atoms with van der Waals surface area (Å²) in [5.74, 6) is 0.422. The van der Waals surface area contributed by atoms with Crippen molar-refractivity contribution in [3.8, 4) is 0 Å². The molecule has 1 saturated carbocycles. The molecule has 4 nitrogen and oxygen atoms in total. The Bertz CT molecular complexity index is 287. The molecule has 0 aliphatic heterocycles. The van der Waals surface area contributed by atoms with Gasteiger partial charge < -0.3 is 15.4 Å². The Labute approximate surface area is 118 Å². The molecule has 1 aliphatic carbocycles. The molecular formula is C12H22F2N2O2S. The third-order valence-corrected chi connectivity index (χ3v) is 3.46. The van der Waals surface area contributed by atoms with Crippen LogP contribution < -0.4 is 5.73 Å². The highest BCUT2D eigenvalue weighted by Crippen LogP contribution is 2.33. The minimum absolute atomic E-state index is 0.0399. The van der Waals surface area contributed by atoms with Crippen molar-refractivity contribution in [3.05, 3.63) is 0 Å². The lowest BCUT2D eigenvalue weighted by Crippen LogP contribution is -2.40. The maximum atomic E-state index is 13.0. The van der Waals surface area contributed by atoms with E-state index in [1.807, 2.05) is 0 Å². The number of amides is 1. The van der Waals surface area contributed by atoms with E-state index < -0.39 is 18.4 Å². The molecule has 0 spiro atoms. The summed E-state index contributed by atoms with van der Waals surface area (Å²) in [6.45, 7) is 0.563. The largest absolute Gasteiger partial charge is 0.449 e. The van der Waals surface area contributed by atoms with E-state index in [9.17, 15) is 13.6 Å². The van der Waals surface area contributed by atoms with E-state index in [0.29, 0.717) is 18.7 Å². The number of halogens is 2. The molecule has 1 fully saturated rings. The quantitative estimate of drug-likeness (QED) is 0.735. The molecule has 2 N–H and O–H groups in total. The molecule has 0 radical (unpaired) electrons. The van der Waals surface area contributed by atoms with Crippen molar-refractivity contribution >= 4 is 18.7 Å². The van der Waals surface area contributed by atoms with Gasteiger partial charge in [0.15, 0.2) is 0 Å². The number of likely N-dealkylation sites (N-methyl/N-ethyl adjacent to an activating group) is 1. The van der Waals surface area contributed by atoms with Crippen molar-refractivity contribution in [1.82, 2.24) is 4.90 Å². The minimum Gasteiger partial charge on any atom is -0.449 e. The standard InChI is InChI=1S/C12H22F2N2O2S/c1-16(12(17)18-2-3-19)7-9(15)4-8-5-10(13)11(14)6-8/h8-11,19H,2-7,15H2,1H3/t8-,9-,10+,11-/m0/s1. The molecule has 0 aromatic heterocycles. The number of hydrogen-bond donors (Lipinski definition) is 2. The number of carbonyl (C=O) groups is 1. The zero-order valence-electron chi connectivity index (χ0n) is 11.1. The van der Waals surface area contributed by atoms with Crippen LogP contribution in [0.3, 0.4) is 0 Å². The van der Waals surface area contributed by atoms with E-state index in [1.165, 1.54) is 4.90 Å². The average molecular weight is 296 g/mol. The summed E-state index contributed by atoms with van der Waals surface area (Å²) in [5, 5.41) is 0. The topological polar surface area (TPSA) is 55.6 Å². The first kappa shape index (κ1) is 16.5. The number of carbonyl (C=O) groups excluding carboxylic acids is 1. The lowest BCUT2D eigenvalue weighted by Gasteiger charge is -2.22. The zero-order chi connectivity index (χ0) is 14.4. The molecule has 0 aromatic carbocycles. The van der Waals surface area contributed by atoms with Crippen LogP contribution >= 0.6 is 12.6 Å². The number of nitrogens with zero attached hydrogens (tertiary/aromatic N) is 1. The Morgan fingerprint density at radius 3 is 2.58 bits per heavy atom. The second kappa shape index (κ2) is 7.89. The van der Waals surface area contributed by atoms with Gasteiger partial charge in [0.2, 0.25) is 0 Å². The van der Waals surface area contributed by atoms with Gasteiger partial charge in [0.05, 0.1) is 0 Å². The molecule has 1 aliphatic rings. The second-order valence-corrected chi connectivity index (χ2v) is 5.53. The summed E-state index contributed by atoms with van der Waals surface area (Å²) < 4.78 is 31.0. The van der Waals surface area contributed by atoms with Crippen LogP contribution in [0, 0.1) is 5.92 Å². The van der Waals surface area contributed by atoms with Crippen molar-refractivity contribution in [2.75, 3.05) is 26.0 Å². The van der Waals surface area contributed by atoms with Crippen LogP contribution in [0.1, 0.15) is 19.3 Å². The molecule has 19 heavy (non-hydrogen) atoms. The van der Waals surface area contributed by atoms with Gasteiger partial charge in [-0.05, 0) is 25.2 Å². The van der Waals surface area contributed by atoms with Crippen molar-refractivity contribution in [1.29, 1.82) is 0 Å². The first-order chi connectivity index (χ1) is 8.93. The first-order valence-electron chi connectivity index (χ1n) is 6.46. The highest BCUT2D eigenvalue weighted by atomic mass is 32.1. The van der Waals surface area contributed by atoms with Crippen LogP contribution in [-0.2, 0) is 4.74 Å². The highest BCUT2D eigenvalue weighted by molar-refractivity contribution is 7.80. The zero-order valence-corrected chi connectivity index (χ0v) is 12.0. The van der Waals surface area contributed by atoms with Crippen LogP contribution in [0.25, 0.3) is 0 Å². The second-order valence-electron chi connectivity index (χ2n) is 5.08. The van der Waals surface area contributed by atoms with E-state index >= 15 is 0 Å². The Kier molecular flexibility index (Phi) is 6.85.